The molecule has 2 aromatic heterocycles. The number of nitrogens with zero attached hydrogens (tertiary/aromatic N) is 4. The Morgan fingerprint density at radius 2 is 2.02 bits per heavy atom. The molecule has 6 rings (SSSR count). The van der Waals surface area contributed by atoms with E-state index in [2.05, 4.69) is 10.2 Å². The largest absolute Gasteiger partial charge is 0.457 e. The van der Waals surface area contributed by atoms with Gasteiger partial charge in [0, 0.05) is 50.3 Å². The van der Waals surface area contributed by atoms with E-state index in [1.54, 1.807) is 25.1 Å². The molecule has 41 heavy (non-hydrogen) atoms. The number of cyclic esters (lactones) is 1. The molecule has 1 fully saturated rings. The van der Waals surface area contributed by atoms with Crippen LogP contribution in [-0.2, 0) is 42.6 Å². The van der Waals surface area contributed by atoms with Crippen molar-refractivity contribution in [1.29, 1.82) is 0 Å². The van der Waals surface area contributed by atoms with Crippen LogP contribution in [-0.4, -0.2) is 70.7 Å². The highest BCUT2D eigenvalue weighted by Gasteiger charge is 2.50. The number of nitro benzene ring substituents is 1. The summed E-state index contributed by atoms with van der Waals surface area (Å²) in [4.78, 5) is 57.5. The fourth-order valence-electron chi connectivity index (χ4n) is 6.03. The Morgan fingerprint density at radius 3 is 2.73 bits per heavy atom. The predicted octanol–water partition coefficient (Wildman–Crippen LogP) is 2.30. The van der Waals surface area contributed by atoms with E-state index in [0.29, 0.717) is 59.8 Å². The number of hydrogen-bond acceptors (Lipinski definition) is 11. The highest BCUT2D eigenvalue weighted by molar-refractivity contribution is 6.03. The smallest absolute Gasteiger partial charge is 0.355 e. The summed E-state index contributed by atoms with van der Waals surface area (Å²) in [6.45, 7) is 6.85. The molecule has 3 aliphatic rings. The molecule has 1 N–H and O–H groups in total. The standard InChI is InChI=1S/C28H29N5O8/c1-3-28(41-16(2)34)19-13-22-24-17(14-32(22)26(35)18(19)15-40-27(28)36)25(29-7-8-31-9-11-39-12-10-31)23-20(30-24)5-4-6-21(23)33(37)38/h4-6,13H,3,7-12,14-15H2,1-2H3,(H,29,30)/t28-/m0/s1. The van der Waals surface area contributed by atoms with Crippen LogP contribution in [0.5, 0.6) is 0 Å². The molecule has 13 nitrogen and oxygen atoms in total. The summed E-state index contributed by atoms with van der Waals surface area (Å²) in [5, 5.41) is 15.8. The van der Waals surface area contributed by atoms with E-state index >= 15 is 0 Å². The summed E-state index contributed by atoms with van der Waals surface area (Å²) < 4.78 is 17.8. The molecular weight excluding hydrogens is 534 g/mol. The van der Waals surface area contributed by atoms with Gasteiger partial charge in [-0.15, -0.1) is 0 Å². The number of nitrogens with one attached hydrogen (secondary N) is 1. The Bertz CT molecular complexity index is 1660. The van der Waals surface area contributed by atoms with E-state index in [1.807, 2.05) is 0 Å². The molecule has 0 amide bonds. The van der Waals surface area contributed by atoms with E-state index < -0.39 is 28.0 Å². The molecule has 13 heteroatoms. The second-order valence-electron chi connectivity index (χ2n) is 10.3. The molecule has 3 aliphatic heterocycles. The minimum absolute atomic E-state index is 0.0693. The second kappa shape index (κ2) is 10.2. The fourth-order valence-corrected chi connectivity index (χ4v) is 6.03. The van der Waals surface area contributed by atoms with E-state index in [0.717, 1.165) is 13.1 Å². The maximum atomic E-state index is 13.8. The minimum atomic E-state index is -1.76. The van der Waals surface area contributed by atoms with Crippen molar-refractivity contribution in [1.82, 2.24) is 14.5 Å². The number of hydrogen-bond donors (Lipinski definition) is 1. The zero-order valence-corrected chi connectivity index (χ0v) is 22.7. The Morgan fingerprint density at radius 1 is 1.24 bits per heavy atom. The number of rotatable bonds is 7. The summed E-state index contributed by atoms with van der Waals surface area (Å²) in [6, 6.07) is 6.38. The monoisotopic (exact) mass is 563 g/mol. The number of carbonyl (C=O) groups is 2. The van der Waals surface area contributed by atoms with Gasteiger partial charge in [0.2, 0.25) is 5.60 Å². The van der Waals surface area contributed by atoms with Gasteiger partial charge in [0.25, 0.3) is 11.2 Å². The van der Waals surface area contributed by atoms with Crippen LogP contribution in [0.25, 0.3) is 22.3 Å². The maximum absolute atomic E-state index is 13.8. The summed E-state index contributed by atoms with van der Waals surface area (Å²) >= 11 is 0. The van der Waals surface area contributed by atoms with Gasteiger partial charge >= 0.3 is 11.9 Å². The number of aromatic nitrogens is 2. The number of fused-ring (bicyclic) bond motifs is 5. The van der Waals surface area contributed by atoms with Gasteiger partial charge in [0.05, 0.1) is 52.8 Å². The average Bonchev–Trinajstić information content (AvgIpc) is 3.33. The number of nitro groups is 1. The van der Waals surface area contributed by atoms with E-state index in [9.17, 15) is 24.5 Å². The molecule has 0 bridgehead atoms. The number of anilines is 1. The van der Waals surface area contributed by atoms with E-state index in [-0.39, 0.29) is 36.4 Å². The molecule has 214 valence electrons. The Balaban J connectivity index is 1.52. The average molecular weight is 564 g/mol. The first-order chi connectivity index (χ1) is 19.7. The van der Waals surface area contributed by atoms with Crippen molar-refractivity contribution in [2.75, 3.05) is 44.7 Å². The summed E-state index contributed by atoms with van der Waals surface area (Å²) in [5.41, 5.74) is 0.735. The van der Waals surface area contributed by atoms with Crippen molar-refractivity contribution >= 4 is 34.2 Å². The molecule has 1 saturated heterocycles. The number of pyridine rings is 2. The first kappa shape index (κ1) is 26.8. The van der Waals surface area contributed by atoms with Crippen LogP contribution >= 0.6 is 0 Å². The number of esters is 2. The molecule has 0 radical (unpaired) electrons. The lowest BCUT2D eigenvalue weighted by Gasteiger charge is -2.35. The third-order valence-electron chi connectivity index (χ3n) is 8.01. The van der Waals surface area contributed by atoms with Gasteiger partial charge in [-0.1, -0.05) is 13.0 Å². The normalized spacial score (nSPS) is 19.7. The summed E-state index contributed by atoms with van der Waals surface area (Å²) in [6.07, 6.45) is 0.0693. The third-order valence-corrected chi connectivity index (χ3v) is 8.01. The zero-order chi connectivity index (χ0) is 28.9. The molecule has 5 heterocycles. The Hall–Kier alpha value is -4.36. The molecule has 0 spiro atoms. The van der Waals surface area contributed by atoms with Gasteiger partial charge in [-0.3, -0.25) is 24.6 Å². The van der Waals surface area contributed by atoms with Gasteiger partial charge in [-0.2, -0.15) is 0 Å². The second-order valence-corrected chi connectivity index (χ2v) is 10.3. The number of ether oxygens (including phenoxy) is 3. The first-order valence-electron chi connectivity index (χ1n) is 13.5. The molecule has 0 unspecified atom stereocenters. The number of non-ortho nitro benzene ring substituents is 1. The van der Waals surface area contributed by atoms with Crippen LogP contribution in [0.4, 0.5) is 11.4 Å². The zero-order valence-electron chi connectivity index (χ0n) is 22.7. The maximum Gasteiger partial charge on any atom is 0.355 e. The quantitative estimate of drug-likeness (QED) is 0.200. The van der Waals surface area contributed by atoms with Gasteiger partial charge < -0.3 is 24.1 Å². The summed E-state index contributed by atoms with van der Waals surface area (Å²) in [7, 11) is 0. The SMILES string of the molecule is CC[C@@]1(OC(C)=O)C(=O)OCc2c1cc1n(c2=O)Cc2c-1nc1cccc([N+](=O)[O-])c1c2NCCN1CCOCC1. The predicted molar refractivity (Wildman–Crippen MR) is 146 cm³/mol. The lowest BCUT2D eigenvalue weighted by Crippen LogP contribution is -2.47. The van der Waals surface area contributed by atoms with Crippen LogP contribution < -0.4 is 10.9 Å². The van der Waals surface area contributed by atoms with Crippen molar-refractivity contribution in [2.24, 2.45) is 0 Å². The lowest BCUT2D eigenvalue weighted by atomic mass is 9.85. The van der Waals surface area contributed by atoms with E-state index in [1.165, 1.54) is 17.6 Å². The minimum Gasteiger partial charge on any atom is -0.457 e. The third kappa shape index (κ3) is 4.32. The van der Waals surface area contributed by atoms with Crippen LogP contribution in [0.2, 0.25) is 0 Å². The molecule has 1 atom stereocenters. The van der Waals surface area contributed by atoms with Crippen LogP contribution in [0.1, 0.15) is 37.0 Å². The molecule has 0 saturated carbocycles. The van der Waals surface area contributed by atoms with Crippen LogP contribution in [0.3, 0.4) is 0 Å². The topological polar surface area (TPSA) is 155 Å². The van der Waals surface area contributed by atoms with Crippen LogP contribution in [0, 0.1) is 10.1 Å². The number of benzene rings is 1. The number of morpholine rings is 1. The van der Waals surface area contributed by atoms with E-state index in [4.69, 9.17) is 19.2 Å². The van der Waals surface area contributed by atoms with Gasteiger partial charge in [0.15, 0.2) is 0 Å². The molecule has 1 aromatic carbocycles. The van der Waals surface area contributed by atoms with Crippen molar-refractivity contribution in [3.05, 3.63) is 61.4 Å². The van der Waals surface area contributed by atoms with Crippen LogP contribution in [0.15, 0.2) is 29.1 Å². The van der Waals surface area contributed by atoms with Crippen molar-refractivity contribution in [2.45, 2.75) is 39.0 Å². The van der Waals surface area contributed by atoms with Gasteiger partial charge in [0.1, 0.15) is 12.0 Å². The number of carbonyl (C=O) groups excluding carboxylic acids is 2. The highest BCUT2D eigenvalue weighted by atomic mass is 16.6. The highest BCUT2D eigenvalue weighted by Crippen LogP contribution is 2.44. The molecule has 0 aliphatic carbocycles. The van der Waals surface area contributed by atoms with Crippen molar-refractivity contribution in [3.63, 3.8) is 0 Å². The lowest BCUT2D eigenvalue weighted by molar-refractivity contribution is -0.383. The fraction of sp³-hybridized carbons (Fsp3) is 0.429. The molecule has 3 aromatic rings. The Kier molecular flexibility index (Phi) is 6.70. The molecular formula is C28H29N5O8. The van der Waals surface area contributed by atoms with Gasteiger partial charge in [-0.25, -0.2) is 9.78 Å². The Labute approximate surface area is 234 Å². The van der Waals surface area contributed by atoms with Crippen molar-refractivity contribution < 1.29 is 28.7 Å². The summed E-state index contributed by atoms with van der Waals surface area (Å²) in [5.74, 6) is -1.42. The van der Waals surface area contributed by atoms with Gasteiger partial charge in [-0.05, 0) is 18.6 Å². The van der Waals surface area contributed by atoms with Crippen molar-refractivity contribution in [3.8, 4) is 11.4 Å². The first-order valence-corrected chi connectivity index (χ1v) is 13.5.